The molecule has 2 aromatic rings. The number of benzene rings is 1. The second-order valence-corrected chi connectivity index (χ2v) is 7.32. The van der Waals surface area contributed by atoms with Crippen LogP contribution in [0.2, 0.25) is 0 Å². The van der Waals surface area contributed by atoms with Gasteiger partial charge in [-0.1, -0.05) is 32.0 Å². The van der Waals surface area contributed by atoms with Gasteiger partial charge in [0.15, 0.2) is 6.61 Å². The standard InChI is InChI=1S/C23H25N3O4/c1-15(2)13-26-16(3)10-19(17(26)4)11-20(12-24)23(29)30-14-21(27)25-22(28)18-8-6-5-7-9-18/h5-11,15H,13-14H2,1-4H3,(H,25,27,28). The van der Waals surface area contributed by atoms with Crippen molar-refractivity contribution in [1.82, 2.24) is 9.88 Å². The summed E-state index contributed by atoms with van der Waals surface area (Å²) >= 11 is 0. The lowest BCUT2D eigenvalue weighted by Gasteiger charge is -2.12. The number of esters is 1. The van der Waals surface area contributed by atoms with E-state index in [4.69, 9.17) is 4.74 Å². The molecule has 1 N–H and O–H groups in total. The zero-order chi connectivity index (χ0) is 22.3. The van der Waals surface area contributed by atoms with Crippen LogP contribution in [0.5, 0.6) is 0 Å². The van der Waals surface area contributed by atoms with E-state index in [9.17, 15) is 19.6 Å². The number of aryl methyl sites for hydroxylation is 1. The summed E-state index contributed by atoms with van der Waals surface area (Å²) in [6, 6.07) is 11.9. The van der Waals surface area contributed by atoms with E-state index in [0.717, 1.165) is 23.5 Å². The summed E-state index contributed by atoms with van der Waals surface area (Å²) in [4.78, 5) is 36.1. The first-order valence-corrected chi connectivity index (χ1v) is 9.57. The molecule has 7 nitrogen and oxygen atoms in total. The molecule has 0 atom stereocenters. The van der Waals surface area contributed by atoms with E-state index < -0.39 is 24.4 Å². The molecule has 1 aromatic heterocycles. The second kappa shape index (κ2) is 10.2. The van der Waals surface area contributed by atoms with Crippen molar-refractivity contribution in [3.63, 3.8) is 0 Å². The van der Waals surface area contributed by atoms with E-state index in [1.807, 2.05) is 26.0 Å². The lowest BCUT2D eigenvalue weighted by Crippen LogP contribution is -2.34. The average molecular weight is 407 g/mol. The van der Waals surface area contributed by atoms with Crippen LogP contribution in [0.3, 0.4) is 0 Å². The van der Waals surface area contributed by atoms with Crippen molar-refractivity contribution in [2.75, 3.05) is 6.61 Å². The first-order chi connectivity index (χ1) is 14.2. The number of nitrogens with zero attached hydrogens (tertiary/aromatic N) is 2. The lowest BCUT2D eigenvalue weighted by atomic mass is 10.1. The second-order valence-electron chi connectivity index (χ2n) is 7.32. The minimum atomic E-state index is -0.923. The molecule has 7 heteroatoms. The maximum absolute atomic E-state index is 12.2. The molecule has 156 valence electrons. The van der Waals surface area contributed by atoms with Gasteiger partial charge < -0.3 is 9.30 Å². The molecule has 0 aliphatic rings. The van der Waals surface area contributed by atoms with Crippen molar-refractivity contribution in [2.24, 2.45) is 5.92 Å². The van der Waals surface area contributed by atoms with Crippen molar-refractivity contribution in [2.45, 2.75) is 34.2 Å². The van der Waals surface area contributed by atoms with Crippen LogP contribution in [-0.4, -0.2) is 29.0 Å². The summed E-state index contributed by atoms with van der Waals surface area (Å²) in [7, 11) is 0. The molecule has 1 aromatic carbocycles. The molecule has 0 aliphatic heterocycles. The third-order valence-electron chi connectivity index (χ3n) is 4.42. The number of hydrogen-bond acceptors (Lipinski definition) is 5. The van der Waals surface area contributed by atoms with Crippen molar-refractivity contribution in [3.8, 4) is 6.07 Å². The summed E-state index contributed by atoms with van der Waals surface area (Å²) in [6.45, 7) is 8.27. The van der Waals surface area contributed by atoms with Crippen LogP contribution >= 0.6 is 0 Å². The van der Waals surface area contributed by atoms with Crippen LogP contribution in [0.25, 0.3) is 6.08 Å². The SMILES string of the molecule is Cc1cc(C=C(C#N)C(=O)OCC(=O)NC(=O)c2ccccc2)c(C)n1CC(C)C. The highest BCUT2D eigenvalue weighted by atomic mass is 16.5. The van der Waals surface area contributed by atoms with Gasteiger partial charge in [0.2, 0.25) is 0 Å². The normalized spacial score (nSPS) is 11.1. The molecule has 0 saturated heterocycles. The van der Waals surface area contributed by atoms with Crippen molar-refractivity contribution < 1.29 is 19.1 Å². The van der Waals surface area contributed by atoms with Crippen LogP contribution in [0, 0.1) is 31.1 Å². The van der Waals surface area contributed by atoms with Crippen LogP contribution in [0.4, 0.5) is 0 Å². The molecule has 0 saturated carbocycles. The number of rotatable bonds is 7. The molecule has 2 amide bonds. The van der Waals surface area contributed by atoms with Crippen molar-refractivity contribution in [1.29, 1.82) is 5.26 Å². The number of aromatic nitrogens is 1. The Morgan fingerprint density at radius 3 is 2.47 bits per heavy atom. The molecule has 30 heavy (non-hydrogen) atoms. The number of carbonyl (C=O) groups excluding carboxylic acids is 3. The quantitative estimate of drug-likeness (QED) is 0.432. The van der Waals surface area contributed by atoms with E-state index in [1.165, 1.54) is 6.08 Å². The van der Waals surface area contributed by atoms with E-state index >= 15 is 0 Å². The molecule has 0 unspecified atom stereocenters. The number of imide groups is 1. The summed E-state index contributed by atoms with van der Waals surface area (Å²) in [6.07, 6.45) is 1.45. The third kappa shape index (κ3) is 5.92. The minimum absolute atomic E-state index is 0.220. The summed E-state index contributed by atoms with van der Waals surface area (Å²) in [5.41, 5.74) is 2.80. The molecule has 2 rings (SSSR count). The van der Waals surface area contributed by atoms with Crippen LogP contribution in [0.1, 0.15) is 41.2 Å². The van der Waals surface area contributed by atoms with Gasteiger partial charge in [0.1, 0.15) is 11.6 Å². The van der Waals surface area contributed by atoms with Crippen LogP contribution < -0.4 is 5.32 Å². The van der Waals surface area contributed by atoms with Gasteiger partial charge in [0.05, 0.1) is 0 Å². The van der Waals surface area contributed by atoms with E-state index in [2.05, 4.69) is 23.7 Å². The zero-order valence-electron chi connectivity index (χ0n) is 17.6. The van der Waals surface area contributed by atoms with Gasteiger partial charge in [-0.05, 0) is 49.6 Å². The first kappa shape index (κ1) is 22.6. The molecule has 0 aliphatic carbocycles. The predicted molar refractivity (Wildman–Crippen MR) is 112 cm³/mol. The highest BCUT2D eigenvalue weighted by molar-refractivity contribution is 6.06. The molecular weight excluding hydrogens is 382 g/mol. The smallest absolute Gasteiger partial charge is 0.349 e. The minimum Gasteiger partial charge on any atom is -0.451 e. The zero-order valence-corrected chi connectivity index (χ0v) is 17.6. The number of ether oxygens (including phenoxy) is 1. The van der Waals surface area contributed by atoms with E-state index in [-0.39, 0.29) is 5.57 Å². The van der Waals surface area contributed by atoms with Crippen LogP contribution in [-0.2, 0) is 20.9 Å². The maximum atomic E-state index is 12.2. The predicted octanol–water partition coefficient (Wildman–Crippen LogP) is 3.17. The lowest BCUT2D eigenvalue weighted by molar-refractivity contribution is -0.144. The van der Waals surface area contributed by atoms with Gasteiger partial charge >= 0.3 is 5.97 Å². The Morgan fingerprint density at radius 1 is 1.20 bits per heavy atom. The Balaban J connectivity index is 2.02. The monoisotopic (exact) mass is 407 g/mol. The first-order valence-electron chi connectivity index (χ1n) is 9.57. The highest BCUT2D eigenvalue weighted by Gasteiger charge is 2.17. The maximum Gasteiger partial charge on any atom is 0.349 e. The number of carbonyl (C=O) groups is 3. The Labute approximate surface area is 176 Å². The van der Waals surface area contributed by atoms with Crippen LogP contribution in [0.15, 0.2) is 42.0 Å². The average Bonchev–Trinajstić information content (AvgIpc) is 2.97. The van der Waals surface area contributed by atoms with E-state index in [1.54, 1.807) is 30.3 Å². The Kier molecular flexibility index (Phi) is 7.70. The highest BCUT2D eigenvalue weighted by Crippen LogP contribution is 2.20. The summed E-state index contributed by atoms with van der Waals surface area (Å²) in [5.74, 6) is -1.84. The van der Waals surface area contributed by atoms with Crippen molar-refractivity contribution in [3.05, 3.63) is 64.5 Å². The largest absolute Gasteiger partial charge is 0.451 e. The van der Waals surface area contributed by atoms with Gasteiger partial charge in [-0.25, -0.2) is 4.79 Å². The summed E-state index contributed by atoms with van der Waals surface area (Å²) in [5, 5.41) is 11.5. The van der Waals surface area contributed by atoms with E-state index in [0.29, 0.717) is 11.5 Å². The molecule has 0 fully saturated rings. The van der Waals surface area contributed by atoms with Gasteiger partial charge in [-0.2, -0.15) is 5.26 Å². The number of hydrogen-bond donors (Lipinski definition) is 1. The van der Waals surface area contributed by atoms with Gasteiger partial charge in [-0.3, -0.25) is 14.9 Å². The molecule has 0 spiro atoms. The Morgan fingerprint density at radius 2 is 1.87 bits per heavy atom. The molecular formula is C23H25N3O4. The fourth-order valence-corrected chi connectivity index (χ4v) is 2.95. The Hall–Kier alpha value is -3.66. The Bertz CT molecular complexity index is 1010. The van der Waals surface area contributed by atoms with Gasteiger partial charge in [0.25, 0.3) is 11.8 Å². The third-order valence-corrected chi connectivity index (χ3v) is 4.42. The topological polar surface area (TPSA) is 101 Å². The fraction of sp³-hybridized carbons (Fsp3) is 0.304. The fourth-order valence-electron chi connectivity index (χ4n) is 2.95. The molecule has 0 radical (unpaired) electrons. The molecule has 0 bridgehead atoms. The molecule has 1 heterocycles. The van der Waals surface area contributed by atoms with Gasteiger partial charge in [-0.15, -0.1) is 0 Å². The van der Waals surface area contributed by atoms with Crippen molar-refractivity contribution >= 4 is 23.9 Å². The summed E-state index contributed by atoms with van der Waals surface area (Å²) < 4.78 is 7.03. The number of nitrogens with one attached hydrogen (secondary N) is 1. The number of amides is 2. The number of nitriles is 1. The van der Waals surface area contributed by atoms with Gasteiger partial charge in [0, 0.05) is 23.5 Å².